The minimum atomic E-state index is -1.18. The van der Waals surface area contributed by atoms with Crippen LogP contribution in [0.15, 0.2) is 0 Å². The lowest BCUT2D eigenvalue weighted by Gasteiger charge is -2.14. The third-order valence-electron chi connectivity index (χ3n) is 2.33. The number of nitrogens with zero attached hydrogens (tertiary/aromatic N) is 6. The molecule has 0 aliphatic heterocycles. The highest BCUT2D eigenvalue weighted by atomic mass is 19.2. The predicted octanol–water partition coefficient (Wildman–Crippen LogP) is 0.840. The minimum absolute atomic E-state index is 0.0981. The first kappa shape index (κ1) is 16.3. The minimum Gasteiger partial charge on any atom is -0.352 e. The molecular formula is C9H10F4N10. The normalized spacial score (nSPS) is 11.7. The summed E-state index contributed by atoms with van der Waals surface area (Å²) in [7, 11) is 0. The highest BCUT2D eigenvalue weighted by Crippen LogP contribution is 2.08. The fourth-order valence-corrected chi connectivity index (χ4v) is 1.44. The average molecular weight is 334 g/mol. The highest BCUT2D eigenvalue weighted by Gasteiger charge is 2.11. The van der Waals surface area contributed by atoms with E-state index in [0.717, 1.165) is 11.1 Å². The number of anilines is 4. The molecule has 4 N–H and O–H groups in total. The molecule has 0 amide bonds. The molecule has 0 aromatic carbocycles. The Bertz CT molecular complexity index is 671. The third-order valence-corrected chi connectivity index (χ3v) is 2.33. The van der Waals surface area contributed by atoms with Crippen molar-refractivity contribution in [3.05, 3.63) is 12.2 Å². The second-order valence-electron chi connectivity index (χ2n) is 4.12. The van der Waals surface area contributed by atoms with Gasteiger partial charge in [0.05, 0.1) is 0 Å². The molecule has 0 saturated heterocycles. The summed E-state index contributed by atoms with van der Waals surface area (Å²) in [5, 5.41) is 5.24. The smallest absolute Gasteiger partial charge is 0.315 e. The summed E-state index contributed by atoms with van der Waals surface area (Å²) in [6.07, 6.45) is -2.36. The van der Waals surface area contributed by atoms with E-state index >= 15 is 0 Å². The topological polar surface area (TPSA) is 125 Å². The highest BCUT2D eigenvalue weighted by molar-refractivity contribution is 5.34. The van der Waals surface area contributed by atoms with E-state index in [1.54, 1.807) is 6.92 Å². The van der Waals surface area contributed by atoms with Gasteiger partial charge in [0.1, 0.15) is 0 Å². The molecule has 0 saturated carbocycles. The first-order valence-corrected chi connectivity index (χ1v) is 6.07. The van der Waals surface area contributed by atoms with Gasteiger partial charge in [-0.25, -0.2) is 0 Å². The monoisotopic (exact) mass is 334 g/mol. The molecule has 0 fully saturated rings. The Labute approximate surface area is 126 Å². The lowest BCUT2D eigenvalue weighted by atomic mass is 10.3. The van der Waals surface area contributed by atoms with E-state index in [9.17, 15) is 17.7 Å². The van der Waals surface area contributed by atoms with Gasteiger partial charge in [-0.15, -0.1) is 8.96 Å². The Hall–Kier alpha value is -3.06. The molecule has 23 heavy (non-hydrogen) atoms. The van der Waals surface area contributed by atoms with Crippen LogP contribution in [0, 0.1) is 12.2 Å². The van der Waals surface area contributed by atoms with Gasteiger partial charge in [-0.1, -0.05) is 0 Å². The van der Waals surface area contributed by atoms with Crippen LogP contribution in [0.4, 0.5) is 41.5 Å². The number of halogens is 4. The molecule has 0 bridgehead atoms. The molecule has 1 atom stereocenters. The van der Waals surface area contributed by atoms with Crippen LogP contribution in [0.3, 0.4) is 0 Å². The maximum Gasteiger partial charge on any atom is 0.315 e. The molecule has 0 aliphatic rings. The van der Waals surface area contributed by atoms with Crippen LogP contribution in [0.25, 0.3) is 0 Å². The molecule has 14 heteroatoms. The van der Waals surface area contributed by atoms with Crippen molar-refractivity contribution in [1.29, 1.82) is 0 Å². The number of nitrogens with one attached hydrogen (secondary N) is 4. The van der Waals surface area contributed by atoms with Crippen molar-refractivity contribution < 1.29 is 17.7 Å². The van der Waals surface area contributed by atoms with E-state index in [-0.39, 0.29) is 18.4 Å². The molecule has 0 aliphatic carbocycles. The first-order valence-electron chi connectivity index (χ1n) is 6.07. The molecule has 0 spiro atoms. The quantitative estimate of drug-likeness (QED) is 0.427. The van der Waals surface area contributed by atoms with Crippen LogP contribution in [0.1, 0.15) is 6.92 Å². The summed E-state index contributed by atoms with van der Waals surface area (Å²) < 4.78 is 50.4. The zero-order valence-electron chi connectivity index (χ0n) is 11.5. The Morgan fingerprint density at radius 2 is 1.26 bits per heavy atom. The van der Waals surface area contributed by atoms with Crippen LogP contribution < -0.4 is 21.7 Å². The van der Waals surface area contributed by atoms with E-state index in [1.807, 2.05) is 0 Å². The number of aromatic nitrogens is 6. The Kier molecular flexibility index (Phi) is 5.16. The standard InChI is InChI=1S/C9H10F4N10/c1-3(15-7-17-5(11)19-9(21-7)23-13)2-14-6-16-4(10)18-8(20-6)22-12/h3H,2H2,1H3,(H2,14,16,18,20,22)(H2,15,17,19,21,23). The largest absolute Gasteiger partial charge is 0.352 e. The van der Waals surface area contributed by atoms with Gasteiger partial charge in [-0.05, 0) is 6.92 Å². The molecule has 10 nitrogen and oxygen atoms in total. The predicted molar refractivity (Wildman–Crippen MR) is 70.6 cm³/mol. The van der Waals surface area contributed by atoms with E-state index in [1.165, 1.54) is 0 Å². The summed E-state index contributed by atoms with van der Waals surface area (Å²) in [5.74, 6) is -1.64. The zero-order chi connectivity index (χ0) is 16.8. The lowest BCUT2D eigenvalue weighted by molar-refractivity contribution is 0.522. The van der Waals surface area contributed by atoms with E-state index in [2.05, 4.69) is 40.5 Å². The fraction of sp³-hybridized carbons (Fsp3) is 0.333. The van der Waals surface area contributed by atoms with Gasteiger partial charge < -0.3 is 10.6 Å². The second-order valence-corrected chi connectivity index (χ2v) is 4.12. The first-order chi connectivity index (χ1) is 11.0. The molecule has 1 unspecified atom stereocenters. The van der Waals surface area contributed by atoms with Gasteiger partial charge in [0.2, 0.25) is 11.9 Å². The average Bonchev–Trinajstić information content (AvgIpc) is 2.51. The Morgan fingerprint density at radius 1 is 0.783 bits per heavy atom. The lowest BCUT2D eigenvalue weighted by Crippen LogP contribution is -2.27. The molecule has 2 rings (SSSR count). The summed E-state index contributed by atoms with van der Waals surface area (Å²) in [5.41, 5.74) is 2.17. The van der Waals surface area contributed by atoms with Crippen molar-refractivity contribution in [1.82, 2.24) is 29.9 Å². The summed E-state index contributed by atoms with van der Waals surface area (Å²) >= 11 is 0. The maximum absolute atomic E-state index is 13.0. The van der Waals surface area contributed by atoms with Crippen LogP contribution in [0.5, 0.6) is 0 Å². The van der Waals surface area contributed by atoms with Crippen molar-refractivity contribution in [3.63, 3.8) is 0 Å². The number of hydrogen-bond donors (Lipinski definition) is 4. The summed E-state index contributed by atoms with van der Waals surface area (Å²) in [4.78, 5) is 19.8. The maximum atomic E-state index is 13.0. The molecule has 2 heterocycles. The Morgan fingerprint density at radius 3 is 1.83 bits per heavy atom. The molecular weight excluding hydrogens is 324 g/mol. The third kappa shape index (κ3) is 4.72. The van der Waals surface area contributed by atoms with Crippen LogP contribution in [0.2, 0.25) is 0 Å². The van der Waals surface area contributed by atoms with Crippen molar-refractivity contribution in [2.75, 3.05) is 28.3 Å². The number of rotatable bonds is 7. The van der Waals surface area contributed by atoms with Crippen molar-refractivity contribution >= 4 is 23.8 Å². The SMILES string of the molecule is CC(CNc1nc(F)nc(NF)n1)Nc1nc(F)nc(NF)n1. The van der Waals surface area contributed by atoms with Crippen LogP contribution >= 0.6 is 0 Å². The van der Waals surface area contributed by atoms with Gasteiger partial charge in [0.25, 0.3) is 11.9 Å². The Balaban J connectivity index is 1.96. The van der Waals surface area contributed by atoms with Crippen molar-refractivity contribution in [3.8, 4) is 0 Å². The van der Waals surface area contributed by atoms with Gasteiger partial charge in [-0.2, -0.15) is 49.8 Å². The fourth-order valence-electron chi connectivity index (χ4n) is 1.44. The van der Waals surface area contributed by atoms with Crippen molar-refractivity contribution in [2.45, 2.75) is 13.0 Å². The van der Waals surface area contributed by atoms with E-state index in [0.29, 0.717) is 0 Å². The summed E-state index contributed by atoms with van der Waals surface area (Å²) in [6, 6.07) is -0.439. The molecule has 0 radical (unpaired) electrons. The van der Waals surface area contributed by atoms with E-state index < -0.39 is 30.1 Å². The van der Waals surface area contributed by atoms with Gasteiger partial charge in [-0.3, -0.25) is 0 Å². The van der Waals surface area contributed by atoms with E-state index in [4.69, 9.17) is 0 Å². The molecule has 124 valence electrons. The van der Waals surface area contributed by atoms with Crippen molar-refractivity contribution in [2.24, 2.45) is 0 Å². The molecule has 2 aromatic heterocycles. The summed E-state index contributed by atoms with van der Waals surface area (Å²) in [6.45, 7) is 1.73. The zero-order valence-corrected chi connectivity index (χ0v) is 11.5. The molecule has 2 aromatic rings. The van der Waals surface area contributed by atoms with Gasteiger partial charge >= 0.3 is 12.2 Å². The van der Waals surface area contributed by atoms with Gasteiger partial charge in [0.15, 0.2) is 0 Å². The second kappa shape index (κ2) is 7.28. The van der Waals surface area contributed by atoms with Crippen LogP contribution in [-0.2, 0) is 0 Å². The number of hydrogen-bond acceptors (Lipinski definition) is 10. The van der Waals surface area contributed by atoms with Crippen LogP contribution in [-0.4, -0.2) is 42.5 Å². The van der Waals surface area contributed by atoms with Gasteiger partial charge in [0, 0.05) is 12.6 Å².